The van der Waals surface area contributed by atoms with Gasteiger partial charge in [0.15, 0.2) is 0 Å². The average Bonchev–Trinajstić information content (AvgIpc) is 2.42. The van der Waals surface area contributed by atoms with Gasteiger partial charge in [-0.15, -0.1) is 0 Å². The van der Waals surface area contributed by atoms with Gasteiger partial charge in [0.05, 0.1) is 4.90 Å². The molecule has 1 aromatic heterocycles. The molecule has 0 aliphatic carbocycles. The molecule has 0 aliphatic heterocycles. The topological polar surface area (TPSA) is 59.1 Å². The maximum Gasteiger partial charge on any atom is 0.240 e. The van der Waals surface area contributed by atoms with E-state index in [1.807, 2.05) is 26.1 Å². The van der Waals surface area contributed by atoms with Crippen molar-refractivity contribution in [2.75, 3.05) is 7.05 Å². The summed E-state index contributed by atoms with van der Waals surface area (Å²) in [5.41, 5.74) is 3.99. The summed E-state index contributed by atoms with van der Waals surface area (Å²) in [5, 5.41) is 0. The van der Waals surface area contributed by atoms with Gasteiger partial charge in [0.2, 0.25) is 10.0 Å². The lowest BCUT2D eigenvalue weighted by molar-refractivity contribution is 0.588. The number of benzene rings is 1. The van der Waals surface area contributed by atoms with Crippen LogP contribution in [0.1, 0.15) is 11.3 Å². The van der Waals surface area contributed by atoms with Crippen LogP contribution >= 0.6 is 0 Å². The van der Waals surface area contributed by atoms with Crippen LogP contribution in [0.4, 0.5) is 0 Å². The number of nitrogens with zero attached hydrogens (tertiary/aromatic N) is 1. The Balaban J connectivity index is 2.46. The van der Waals surface area contributed by atoms with E-state index in [0.717, 1.165) is 22.4 Å². The molecule has 0 amide bonds. The first-order valence-electron chi connectivity index (χ1n) is 5.91. The highest BCUT2D eigenvalue weighted by molar-refractivity contribution is 7.89. The van der Waals surface area contributed by atoms with Gasteiger partial charge < -0.3 is 0 Å². The molecule has 0 bridgehead atoms. The highest BCUT2D eigenvalue weighted by atomic mass is 32.2. The van der Waals surface area contributed by atoms with E-state index in [1.165, 1.54) is 7.05 Å². The molecular weight excluding hydrogens is 260 g/mol. The van der Waals surface area contributed by atoms with Crippen LogP contribution in [0.3, 0.4) is 0 Å². The van der Waals surface area contributed by atoms with Gasteiger partial charge in [-0.1, -0.05) is 12.1 Å². The molecule has 0 radical (unpaired) electrons. The Morgan fingerprint density at radius 2 is 1.74 bits per heavy atom. The number of rotatable bonds is 3. The molecule has 5 heteroatoms. The van der Waals surface area contributed by atoms with Crippen LogP contribution in [-0.2, 0) is 10.0 Å². The highest BCUT2D eigenvalue weighted by Gasteiger charge is 2.11. The summed E-state index contributed by atoms with van der Waals surface area (Å²) in [6, 6.07) is 8.84. The highest BCUT2D eigenvalue weighted by Crippen LogP contribution is 2.24. The molecule has 4 nitrogen and oxygen atoms in total. The van der Waals surface area contributed by atoms with Gasteiger partial charge in [0.1, 0.15) is 0 Å². The van der Waals surface area contributed by atoms with Gasteiger partial charge >= 0.3 is 0 Å². The Hall–Kier alpha value is -1.72. The van der Waals surface area contributed by atoms with E-state index >= 15 is 0 Å². The molecular formula is C14H16N2O2S. The SMILES string of the molecule is CNS(=O)(=O)c1ccc(-c2cc(C)cnc2C)cc1. The summed E-state index contributed by atoms with van der Waals surface area (Å²) < 4.78 is 25.6. The lowest BCUT2D eigenvalue weighted by atomic mass is 10.0. The maximum absolute atomic E-state index is 11.6. The van der Waals surface area contributed by atoms with Crippen LogP contribution in [0.15, 0.2) is 41.4 Å². The molecule has 1 aromatic carbocycles. The molecule has 1 N–H and O–H groups in total. The molecule has 2 aromatic rings. The number of nitrogens with one attached hydrogen (secondary N) is 1. The second kappa shape index (κ2) is 5.11. The molecule has 0 saturated carbocycles. The number of sulfonamides is 1. The van der Waals surface area contributed by atoms with Crippen molar-refractivity contribution in [3.8, 4) is 11.1 Å². The Labute approximate surface area is 113 Å². The van der Waals surface area contributed by atoms with Crippen molar-refractivity contribution in [3.63, 3.8) is 0 Å². The zero-order chi connectivity index (χ0) is 14.0. The number of hydrogen-bond donors (Lipinski definition) is 1. The molecule has 0 fully saturated rings. The third-order valence-electron chi connectivity index (χ3n) is 2.97. The third-order valence-corrected chi connectivity index (χ3v) is 4.40. The molecule has 2 rings (SSSR count). The normalized spacial score (nSPS) is 11.5. The summed E-state index contributed by atoms with van der Waals surface area (Å²) in [4.78, 5) is 4.57. The maximum atomic E-state index is 11.6. The average molecular weight is 276 g/mol. The summed E-state index contributed by atoms with van der Waals surface area (Å²) in [6.07, 6.45) is 1.82. The number of aromatic nitrogens is 1. The quantitative estimate of drug-likeness (QED) is 0.935. The van der Waals surface area contributed by atoms with Crippen LogP contribution in [0.25, 0.3) is 11.1 Å². The third kappa shape index (κ3) is 2.83. The van der Waals surface area contributed by atoms with Crippen molar-refractivity contribution in [1.82, 2.24) is 9.71 Å². The van der Waals surface area contributed by atoms with E-state index < -0.39 is 10.0 Å². The second-order valence-electron chi connectivity index (χ2n) is 4.38. The Kier molecular flexibility index (Phi) is 3.68. The summed E-state index contributed by atoms with van der Waals surface area (Å²) in [5.74, 6) is 0. The van der Waals surface area contributed by atoms with E-state index in [9.17, 15) is 8.42 Å². The zero-order valence-corrected chi connectivity index (χ0v) is 12.0. The van der Waals surface area contributed by atoms with Crippen molar-refractivity contribution in [1.29, 1.82) is 0 Å². The van der Waals surface area contributed by atoms with Crippen LogP contribution in [0.5, 0.6) is 0 Å². The van der Waals surface area contributed by atoms with E-state index in [-0.39, 0.29) is 4.90 Å². The van der Waals surface area contributed by atoms with Gasteiger partial charge in [-0.3, -0.25) is 4.98 Å². The van der Waals surface area contributed by atoms with E-state index in [2.05, 4.69) is 9.71 Å². The van der Waals surface area contributed by atoms with Crippen molar-refractivity contribution in [3.05, 3.63) is 47.8 Å². The Morgan fingerprint density at radius 3 is 2.32 bits per heavy atom. The second-order valence-corrected chi connectivity index (χ2v) is 6.26. The van der Waals surface area contributed by atoms with Gasteiger partial charge in [-0.05, 0) is 50.2 Å². The van der Waals surface area contributed by atoms with Crippen LogP contribution in [-0.4, -0.2) is 20.4 Å². The smallest absolute Gasteiger partial charge is 0.240 e. The van der Waals surface area contributed by atoms with Crippen LogP contribution in [0.2, 0.25) is 0 Å². The van der Waals surface area contributed by atoms with Crippen molar-refractivity contribution in [2.24, 2.45) is 0 Å². The molecule has 0 atom stereocenters. The van der Waals surface area contributed by atoms with E-state index in [4.69, 9.17) is 0 Å². The summed E-state index contributed by atoms with van der Waals surface area (Å²) >= 11 is 0. The largest absolute Gasteiger partial charge is 0.261 e. The van der Waals surface area contributed by atoms with E-state index in [1.54, 1.807) is 24.3 Å². The van der Waals surface area contributed by atoms with Crippen LogP contribution < -0.4 is 4.72 Å². The summed E-state index contributed by atoms with van der Waals surface area (Å²) in [6.45, 7) is 3.92. The first-order valence-corrected chi connectivity index (χ1v) is 7.39. The Morgan fingerprint density at radius 1 is 1.11 bits per heavy atom. The molecule has 0 aliphatic rings. The number of pyridine rings is 1. The monoisotopic (exact) mass is 276 g/mol. The minimum atomic E-state index is -3.38. The molecule has 19 heavy (non-hydrogen) atoms. The van der Waals surface area contributed by atoms with Crippen molar-refractivity contribution in [2.45, 2.75) is 18.7 Å². The fourth-order valence-corrected chi connectivity index (χ4v) is 2.59. The molecule has 0 unspecified atom stereocenters. The van der Waals surface area contributed by atoms with Gasteiger partial charge in [-0.2, -0.15) is 0 Å². The summed E-state index contributed by atoms with van der Waals surface area (Å²) in [7, 11) is -1.98. The minimum Gasteiger partial charge on any atom is -0.261 e. The zero-order valence-electron chi connectivity index (χ0n) is 11.1. The molecule has 0 spiro atoms. The molecule has 1 heterocycles. The predicted molar refractivity (Wildman–Crippen MR) is 75.4 cm³/mol. The first-order chi connectivity index (χ1) is 8.94. The minimum absolute atomic E-state index is 0.261. The van der Waals surface area contributed by atoms with E-state index in [0.29, 0.717) is 0 Å². The number of aryl methyl sites for hydroxylation is 2. The fraction of sp³-hybridized carbons (Fsp3) is 0.214. The van der Waals surface area contributed by atoms with Gasteiger partial charge in [0, 0.05) is 17.5 Å². The first kappa shape index (κ1) is 13.7. The lowest BCUT2D eigenvalue weighted by Gasteiger charge is -2.08. The predicted octanol–water partition coefficient (Wildman–Crippen LogP) is 2.27. The van der Waals surface area contributed by atoms with Crippen LogP contribution in [0, 0.1) is 13.8 Å². The van der Waals surface area contributed by atoms with Gasteiger partial charge in [-0.25, -0.2) is 13.1 Å². The molecule has 0 saturated heterocycles. The van der Waals surface area contributed by atoms with Crippen molar-refractivity contribution >= 4 is 10.0 Å². The standard InChI is InChI=1S/C14H16N2O2S/c1-10-8-14(11(2)16-9-10)12-4-6-13(7-5-12)19(17,18)15-3/h4-9,15H,1-3H3. The fourth-order valence-electron chi connectivity index (χ4n) is 1.86. The molecule has 100 valence electrons. The number of hydrogen-bond acceptors (Lipinski definition) is 3. The van der Waals surface area contributed by atoms with Gasteiger partial charge in [0.25, 0.3) is 0 Å². The Bertz CT molecular complexity index is 692. The lowest BCUT2D eigenvalue weighted by Crippen LogP contribution is -2.18. The van der Waals surface area contributed by atoms with Crippen molar-refractivity contribution < 1.29 is 8.42 Å².